The topological polar surface area (TPSA) is 68.6 Å². The third-order valence-corrected chi connectivity index (χ3v) is 3.63. The molecular weight excluding hydrogens is 258 g/mol. The Labute approximate surface area is 117 Å². The van der Waals surface area contributed by atoms with Gasteiger partial charge in [0.2, 0.25) is 6.79 Å². The van der Waals surface area contributed by atoms with Gasteiger partial charge in [0.05, 0.1) is 12.2 Å². The van der Waals surface area contributed by atoms with Crippen molar-refractivity contribution in [1.82, 2.24) is 0 Å². The van der Waals surface area contributed by atoms with Crippen molar-refractivity contribution >= 4 is 5.78 Å². The summed E-state index contributed by atoms with van der Waals surface area (Å²) < 4.78 is 16.0. The highest BCUT2D eigenvalue weighted by Gasteiger charge is 2.27. The molecule has 1 aromatic rings. The number of nitriles is 1. The quantitative estimate of drug-likeness (QED) is 0.840. The minimum absolute atomic E-state index is 0.0349. The van der Waals surface area contributed by atoms with Crippen LogP contribution in [0.3, 0.4) is 0 Å². The number of ketones is 1. The molecule has 2 aliphatic rings. The van der Waals surface area contributed by atoms with Gasteiger partial charge in [-0.25, -0.2) is 0 Å². The van der Waals surface area contributed by atoms with E-state index < -0.39 is 5.92 Å². The molecule has 1 fully saturated rings. The fourth-order valence-corrected chi connectivity index (χ4v) is 2.57. The molecule has 0 saturated carbocycles. The van der Waals surface area contributed by atoms with Crippen LogP contribution in [0.5, 0.6) is 11.5 Å². The summed E-state index contributed by atoms with van der Waals surface area (Å²) in [7, 11) is 0. The third-order valence-electron chi connectivity index (χ3n) is 3.63. The summed E-state index contributed by atoms with van der Waals surface area (Å²) in [6, 6.07) is 7.28. The number of hydrogen-bond acceptors (Lipinski definition) is 5. The molecule has 0 aromatic heterocycles. The van der Waals surface area contributed by atoms with Crippen molar-refractivity contribution in [2.75, 3.05) is 13.4 Å². The number of hydrogen-bond donors (Lipinski definition) is 0. The smallest absolute Gasteiger partial charge is 0.231 e. The predicted molar refractivity (Wildman–Crippen MR) is 69.5 cm³/mol. The zero-order valence-electron chi connectivity index (χ0n) is 11.0. The van der Waals surface area contributed by atoms with Crippen LogP contribution in [0.15, 0.2) is 18.2 Å². The maximum absolute atomic E-state index is 12.3. The number of carbonyl (C=O) groups is 1. The van der Waals surface area contributed by atoms with Crippen LogP contribution in [0.25, 0.3) is 0 Å². The molecular formula is C15H15NO4. The zero-order chi connectivity index (χ0) is 13.9. The Bertz CT molecular complexity index is 557. The molecule has 104 valence electrons. The molecule has 2 unspecified atom stereocenters. The van der Waals surface area contributed by atoms with E-state index >= 15 is 0 Å². The Hall–Kier alpha value is -2.06. The largest absolute Gasteiger partial charge is 0.454 e. The maximum Gasteiger partial charge on any atom is 0.231 e. The molecule has 1 saturated heterocycles. The van der Waals surface area contributed by atoms with Crippen LogP contribution in [0.1, 0.15) is 30.7 Å². The highest BCUT2D eigenvalue weighted by Crippen LogP contribution is 2.35. The van der Waals surface area contributed by atoms with Crippen molar-refractivity contribution in [3.05, 3.63) is 23.8 Å². The standard InChI is InChI=1S/C15H15NO4/c16-8-12(13(17)7-11-2-1-5-18-11)10-3-4-14-15(6-10)20-9-19-14/h3-4,6,11-12H,1-2,5,7,9H2. The summed E-state index contributed by atoms with van der Waals surface area (Å²) in [5.74, 6) is 0.372. The van der Waals surface area contributed by atoms with Gasteiger partial charge in [0.1, 0.15) is 5.92 Å². The third kappa shape index (κ3) is 2.47. The first-order chi connectivity index (χ1) is 9.78. The van der Waals surface area contributed by atoms with Crippen LogP contribution in [0.4, 0.5) is 0 Å². The summed E-state index contributed by atoms with van der Waals surface area (Å²) in [6.07, 6.45) is 2.14. The van der Waals surface area contributed by atoms with Crippen LogP contribution < -0.4 is 9.47 Å². The second-order valence-corrected chi connectivity index (χ2v) is 4.98. The highest BCUT2D eigenvalue weighted by molar-refractivity contribution is 5.89. The van der Waals surface area contributed by atoms with Gasteiger partial charge in [0.15, 0.2) is 17.3 Å². The minimum Gasteiger partial charge on any atom is -0.454 e. The SMILES string of the molecule is N#CC(C(=O)CC1CCCO1)c1ccc2c(c1)OCO2. The molecule has 0 aliphatic carbocycles. The predicted octanol–water partition coefficient (Wildman–Crippen LogP) is 2.16. The monoisotopic (exact) mass is 273 g/mol. The van der Waals surface area contributed by atoms with E-state index in [0.717, 1.165) is 12.8 Å². The Kier molecular flexibility index (Phi) is 3.57. The second kappa shape index (κ2) is 5.51. The molecule has 0 amide bonds. The van der Waals surface area contributed by atoms with Gasteiger partial charge in [-0.1, -0.05) is 6.07 Å². The second-order valence-electron chi connectivity index (χ2n) is 4.98. The van der Waals surface area contributed by atoms with Gasteiger partial charge >= 0.3 is 0 Å². The Morgan fingerprint density at radius 2 is 2.25 bits per heavy atom. The van der Waals surface area contributed by atoms with Gasteiger partial charge in [-0.15, -0.1) is 0 Å². The Morgan fingerprint density at radius 1 is 1.40 bits per heavy atom. The number of Topliss-reactive ketones (excluding diaryl/α,β-unsaturated/α-hetero) is 1. The van der Waals surface area contributed by atoms with Crippen molar-refractivity contribution < 1.29 is 19.0 Å². The minimum atomic E-state index is -0.770. The number of carbonyl (C=O) groups excluding carboxylic acids is 1. The van der Waals surface area contributed by atoms with E-state index in [1.165, 1.54) is 0 Å². The molecule has 5 heteroatoms. The number of fused-ring (bicyclic) bond motifs is 1. The van der Waals surface area contributed by atoms with Crippen LogP contribution in [0, 0.1) is 11.3 Å². The van der Waals surface area contributed by atoms with Crippen molar-refractivity contribution in [3.63, 3.8) is 0 Å². The molecule has 0 N–H and O–H groups in total. The van der Waals surface area contributed by atoms with Crippen LogP contribution in [0.2, 0.25) is 0 Å². The summed E-state index contributed by atoms with van der Waals surface area (Å²) in [5.41, 5.74) is 0.653. The average Bonchev–Trinajstić information content (AvgIpc) is 3.09. The van der Waals surface area contributed by atoms with Gasteiger partial charge in [-0.3, -0.25) is 4.79 Å². The first-order valence-corrected chi connectivity index (χ1v) is 6.71. The first-order valence-electron chi connectivity index (χ1n) is 6.71. The summed E-state index contributed by atoms with van der Waals surface area (Å²) in [6.45, 7) is 0.888. The molecule has 0 spiro atoms. The fourth-order valence-electron chi connectivity index (χ4n) is 2.57. The van der Waals surface area contributed by atoms with Gasteiger partial charge in [0.25, 0.3) is 0 Å². The first kappa shape index (κ1) is 12.9. The van der Waals surface area contributed by atoms with E-state index in [9.17, 15) is 10.1 Å². The lowest BCUT2D eigenvalue weighted by Crippen LogP contribution is -2.18. The van der Waals surface area contributed by atoms with Gasteiger partial charge in [-0.2, -0.15) is 5.26 Å². The van der Waals surface area contributed by atoms with Gasteiger partial charge in [-0.05, 0) is 30.5 Å². The van der Waals surface area contributed by atoms with Crippen LogP contribution in [-0.2, 0) is 9.53 Å². The van der Waals surface area contributed by atoms with E-state index in [2.05, 4.69) is 6.07 Å². The molecule has 0 radical (unpaired) electrons. The molecule has 2 heterocycles. The zero-order valence-corrected chi connectivity index (χ0v) is 11.0. The Balaban J connectivity index is 1.75. The maximum atomic E-state index is 12.3. The van der Waals surface area contributed by atoms with Crippen molar-refractivity contribution in [1.29, 1.82) is 5.26 Å². The van der Waals surface area contributed by atoms with Gasteiger partial charge < -0.3 is 14.2 Å². The van der Waals surface area contributed by atoms with Crippen molar-refractivity contribution in [2.45, 2.75) is 31.3 Å². The van der Waals surface area contributed by atoms with E-state index in [1.54, 1.807) is 18.2 Å². The van der Waals surface area contributed by atoms with Crippen LogP contribution in [-0.4, -0.2) is 25.3 Å². The van der Waals surface area contributed by atoms with E-state index in [-0.39, 0.29) is 18.7 Å². The highest BCUT2D eigenvalue weighted by atomic mass is 16.7. The van der Waals surface area contributed by atoms with E-state index in [4.69, 9.17) is 14.2 Å². The molecule has 20 heavy (non-hydrogen) atoms. The normalized spacial score (nSPS) is 21.4. The molecule has 5 nitrogen and oxygen atoms in total. The lowest BCUT2D eigenvalue weighted by atomic mass is 9.92. The van der Waals surface area contributed by atoms with Crippen LogP contribution >= 0.6 is 0 Å². The lowest BCUT2D eigenvalue weighted by Gasteiger charge is -2.12. The van der Waals surface area contributed by atoms with E-state index in [0.29, 0.717) is 30.1 Å². The number of nitrogens with zero attached hydrogens (tertiary/aromatic N) is 1. The summed E-state index contributed by atoms with van der Waals surface area (Å²) in [4.78, 5) is 12.3. The van der Waals surface area contributed by atoms with Gasteiger partial charge in [0, 0.05) is 13.0 Å². The average molecular weight is 273 g/mol. The lowest BCUT2D eigenvalue weighted by molar-refractivity contribution is -0.121. The Morgan fingerprint density at radius 3 is 3.00 bits per heavy atom. The molecule has 1 aromatic carbocycles. The van der Waals surface area contributed by atoms with E-state index in [1.807, 2.05) is 0 Å². The summed E-state index contributed by atoms with van der Waals surface area (Å²) in [5, 5.41) is 9.29. The molecule has 0 bridgehead atoms. The summed E-state index contributed by atoms with van der Waals surface area (Å²) >= 11 is 0. The number of ether oxygens (including phenoxy) is 3. The number of rotatable bonds is 4. The number of benzene rings is 1. The molecule has 2 aliphatic heterocycles. The fraction of sp³-hybridized carbons (Fsp3) is 0.467. The van der Waals surface area contributed by atoms with Crippen molar-refractivity contribution in [3.8, 4) is 17.6 Å². The molecule has 2 atom stereocenters. The molecule has 3 rings (SSSR count). The van der Waals surface area contributed by atoms with Crippen molar-refractivity contribution in [2.24, 2.45) is 0 Å².